The van der Waals surface area contributed by atoms with Crippen molar-refractivity contribution in [3.05, 3.63) is 28.8 Å². The van der Waals surface area contributed by atoms with Gasteiger partial charge in [0.25, 0.3) is 0 Å². The molecule has 0 aromatic heterocycles. The number of ether oxygens (including phenoxy) is 1. The maximum Gasteiger partial charge on any atom is 0.238 e. The minimum atomic E-state index is -0.0435. The number of nitrogens with one attached hydrogen (secondary N) is 2. The molecular formula is C15H21ClN2O2. The average Bonchev–Trinajstić information content (AvgIpc) is 2.92. The Hall–Kier alpha value is -1.10. The molecule has 1 saturated heterocycles. The van der Waals surface area contributed by atoms with Crippen LogP contribution in [0, 0.1) is 12.8 Å². The zero-order valence-corrected chi connectivity index (χ0v) is 12.5. The Morgan fingerprint density at radius 3 is 3.10 bits per heavy atom. The number of hydrogen-bond donors (Lipinski definition) is 2. The summed E-state index contributed by atoms with van der Waals surface area (Å²) in [5, 5.41) is 6.66. The summed E-state index contributed by atoms with van der Waals surface area (Å²) in [6.45, 7) is 4.84. The number of halogens is 1. The van der Waals surface area contributed by atoms with Gasteiger partial charge in [-0.2, -0.15) is 0 Å². The molecule has 1 unspecified atom stereocenters. The molecule has 0 radical (unpaired) electrons. The molecule has 4 nitrogen and oxygen atoms in total. The van der Waals surface area contributed by atoms with Crippen LogP contribution < -0.4 is 10.6 Å². The van der Waals surface area contributed by atoms with Crippen molar-refractivity contribution >= 4 is 23.2 Å². The van der Waals surface area contributed by atoms with Gasteiger partial charge in [0.15, 0.2) is 0 Å². The summed E-state index contributed by atoms with van der Waals surface area (Å²) in [6.07, 6.45) is 2.19. The summed E-state index contributed by atoms with van der Waals surface area (Å²) < 4.78 is 5.32. The second-order valence-electron chi connectivity index (χ2n) is 5.20. The van der Waals surface area contributed by atoms with E-state index in [1.54, 1.807) is 6.07 Å². The van der Waals surface area contributed by atoms with E-state index in [-0.39, 0.29) is 5.91 Å². The van der Waals surface area contributed by atoms with Crippen LogP contribution in [-0.2, 0) is 9.53 Å². The summed E-state index contributed by atoms with van der Waals surface area (Å²) in [5.41, 5.74) is 1.78. The molecule has 1 atom stereocenters. The predicted octanol–water partition coefficient (Wildman–Crippen LogP) is 2.60. The molecule has 1 aliphatic heterocycles. The molecule has 2 N–H and O–H groups in total. The minimum absolute atomic E-state index is 0.0435. The van der Waals surface area contributed by atoms with Crippen molar-refractivity contribution in [2.45, 2.75) is 19.8 Å². The van der Waals surface area contributed by atoms with Gasteiger partial charge >= 0.3 is 0 Å². The number of aryl methyl sites for hydroxylation is 1. The molecule has 1 amide bonds. The lowest BCUT2D eigenvalue weighted by molar-refractivity contribution is -0.115. The Balaban J connectivity index is 1.68. The van der Waals surface area contributed by atoms with Crippen LogP contribution in [0.15, 0.2) is 18.2 Å². The monoisotopic (exact) mass is 296 g/mol. The molecule has 0 spiro atoms. The largest absolute Gasteiger partial charge is 0.381 e. The maximum atomic E-state index is 11.8. The Morgan fingerprint density at radius 2 is 2.35 bits per heavy atom. The van der Waals surface area contributed by atoms with Crippen molar-refractivity contribution in [3.8, 4) is 0 Å². The van der Waals surface area contributed by atoms with E-state index in [1.165, 1.54) is 0 Å². The Kier molecular flexibility index (Phi) is 5.83. The number of carbonyl (C=O) groups is 1. The third kappa shape index (κ3) is 4.78. The third-order valence-corrected chi connectivity index (χ3v) is 3.75. The molecule has 0 bridgehead atoms. The Labute approximate surface area is 124 Å². The number of hydrogen-bond acceptors (Lipinski definition) is 3. The molecular weight excluding hydrogens is 276 g/mol. The van der Waals surface area contributed by atoms with Gasteiger partial charge in [0.05, 0.1) is 6.54 Å². The van der Waals surface area contributed by atoms with Crippen molar-refractivity contribution in [3.63, 3.8) is 0 Å². The van der Waals surface area contributed by atoms with Crippen LogP contribution >= 0.6 is 11.6 Å². The van der Waals surface area contributed by atoms with E-state index >= 15 is 0 Å². The molecule has 1 aromatic carbocycles. The summed E-state index contributed by atoms with van der Waals surface area (Å²) in [4.78, 5) is 11.8. The van der Waals surface area contributed by atoms with E-state index in [0.717, 1.165) is 43.9 Å². The first-order valence-electron chi connectivity index (χ1n) is 6.99. The van der Waals surface area contributed by atoms with Gasteiger partial charge in [-0.1, -0.05) is 17.7 Å². The van der Waals surface area contributed by atoms with E-state index in [0.29, 0.717) is 17.5 Å². The quantitative estimate of drug-likeness (QED) is 0.794. The standard InChI is InChI=1S/C15H21ClN2O2/c1-11-2-3-13(16)8-14(11)18-15(19)9-17-6-4-12-5-7-20-10-12/h2-3,8,12,17H,4-7,9-10H2,1H3,(H,18,19). The fourth-order valence-electron chi connectivity index (χ4n) is 2.24. The molecule has 1 aliphatic rings. The van der Waals surface area contributed by atoms with Gasteiger partial charge in [-0.15, -0.1) is 0 Å². The topological polar surface area (TPSA) is 50.4 Å². The lowest BCUT2D eigenvalue weighted by Gasteiger charge is -2.11. The summed E-state index contributed by atoms with van der Waals surface area (Å²) in [6, 6.07) is 5.48. The van der Waals surface area contributed by atoms with Gasteiger partial charge in [0, 0.05) is 23.9 Å². The smallest absolute Gasteiger partial charge is 0.238 e. The Morgan fingerprint density at radius 1 is 1.50 bits per heavy atom. The molecule has 110 valence electrons. The van der Waals surface area contributed by atoms with Gasteiger partial charge in [-0.3, -0.25) is 4.79 Å². The molecule has 1 aromatic rings. The second kappa shape index (κ2) is 7.62. The van der Waals surface area contributed by atoms with Gasteiger partial charge in [-0.25, -0.2) is 0 Å². The molecule has 2 rings (SSSR count). The van der Waals surface area contributed by atoms with Gasteiger partial charge < -0.3 is 15.4 Å². The van der Waals surface area contributed by atoms with E-state index < -0.39 is 0 Å². The van der Waals surface area contributed by atoms with Crippen LogP contribution in [0.4, 0.5) is 5.69 Å². The van der Waals surface area contributed by atoms with Crippen LogP contribution in [-0.4, -0.2) is 32.2 Å². The molecule has 20 heavy (non-hydrogen) atoms. The molecule has 1 fully saturated rings. The Bertz CT molecular complexity index is 459. The first kappa shape index (κ1) is 15.3. The lowest BCUT2D eigenvalue weighted by atomic mass is 10.1. The third-order valence-electron chi connectivity index (χ3n) is 3.51. The highest BCUT2D eigenvalue weighted by Crippen LogP contribution is 2.20. The molecule has 0 saturated carbocycles. The zero-order chi connectivity index (χ0) is 14.4. The first-order valence-corrected chi connectivity index (χ1v) is 7.37. The minimum Gasteiger partial charge on any atom is -0.381 e. The normalized spacial score (nSPS) is 18.2. The zero-order valence-electron chi connectivity index (χ0n) is 11.7. The van der Waals surface area contributed by atoms with Crippen LogP contribution in [0.3, 0.4) is 0 Å². The van der Waals surface area contributed by atoms with Crippen molar-refractivity contribution in [1.29, 1.82) is 0 Å². The molecule has 1 heterocycles. The number of benzene rings is 1. The highest BCUT2D eigenvalue weighted by molar-refractivity contribution is 6.31. The summed E-state index contributed by atoms with van der Waals surface area (Å²) in [5.74, 6) is 0.596. The first-order chi connectivity index (χ1) is 9.65. The number of amides is 1. The highest BCUT2D eigenvalue weighted by Gasteiger charge is 2.14. The fraction of sp³-hybridized carbons (Fsp3) is 0.533. The summed E-state index contributed by atoms with van der Waals surface area (Å²) >= 11 is 5.92. The van der Waals surface area contributed by atoms with Gasteiger partial charge in [0.2, 0.25) is 5.91 Å². The number of anilines is 1. The van der Waals surface area contributed by atoms with Crippen molar-refractivity contribution in [2.75, 3.05) is 31.6 Å². The average molecular weight is 297 g/mol. The molecule has 0 aliphatic carbocycles. The predicted molar refractivity (Wildman–Crippen MR) is 81.2 cm³/mol. The number of carbonyl (C=O) groups excluding carboxylic acids is 1. The van der Waals surface area contributed by atoms with E-state index in [1.807, 2.05) is 19.1 Å². The van der Waals surface area contributed by atoms with Gasteiger partial charge in [0.1, 0.15) is 0 Å². The fourth-order valence-corrected chi connectivity index (χ4v) is 2.41. The van der Waals surface area contributed by atoms with E-state index in [9.17, 15) is 4.79 Å². The summed E-state index contributed by atoms with van der Waals surface area (Å²) in [7, 11) is 0. The van der Waals surface area contributed by atoms with Crippen LogP contribution in [0.1, 0.15) is 18.4 Å². The van der Waals surface area contributed by atoms with Crippen molar-refractivity contribution in [2.24, 2.45) is 5.92 Å². The second-order valence-corrected chi connectivity index (χ2v) is 5.64. The molecule has 5 heteroatoms. The van der Waals surface area contributed by atoms with Crippen molar-refractivity contribution in [1.82, 2.24) is 5.32 Å². The highest BCUT2D eigenvalue weighted by atomic mass is 35.5. The van der Waals surface area contributed by atoms with E-state index in [4.69, 9.17) is 16.3 Å². The SMILES string of the molecule is Cc1ccc(Cl)cc1NC(=O)CNCCC1CCOC1. The number of rotatable bonds is 6. The van der Waals surface area contributed by atoms with Crippen LogP contribution in [0.5, 0.6) is 0 Å². The van der Waals surface area contributed by atoms with Crippen LogP contribution in [0.25, 0.3) is 0 Å². The van der Waals surface area contributed by atoms with Crippen LogP contribution in [0.2, 0.25) is 5.02 Å². The maximum absolute atomic E-state index is 11.8. The lowest BCUT2D eigenvalue weighted by Crippen LogP contribution is -2.29. The van der Waals surface area contributed by atoms with Gasteiger partial charge in [-0.05, 0) is 49.9 Å². The van der Waals surface area contributed by atoms with E-state index in [2.05, 4.69) is 10.6 Å². The van der Waals surface area contributed by atoms with Crippen molar-refractivity contribution < 1.29 is 9.53 Å².